The molecule has 342 valence electrons. The molecule has 4 aliphatic rings. The van der Waals surface area contributed by atoms with E-state index in [1.807, 2.05) is 24.3 Å². The van der Waals surface area contributed by atoms with E-state index < -0.39 is 47.3 Å². The topological polar surface area (TPSA) is 238 Å². The van der Waals surface area contributed by atoms with Gasteiger partial charge in [0.25, 0.3) is 11.8 Å². The molecule has 0 bridgehead atoms. The zero-order valence-corrected chi connectivity index (χ0v) is 56.4. The van der Waals surface area contributed by atoms with Gasteiger partial charge in [0.05, 0.1) is 58.7 Å². The van der Waals surface area contributed by atoms with E-state index in [9.17, 15) is 48.9 Å². The molecule has 0 saturated carbocycles. The minimum Gasteiger partial charge on any atom is -0.587 e. The van der Waals surface area contributed by atoms with Gasteiger partial charge in [-0.3, -0.25) is 14.9 Å². The third kappa shape index (κ3) is 6.71. The minimum absolute atomic E-state index is 0. The van der Waals surface area contributed by atoms with Crippen LogP contribution in [-0.4, -0.2) is 47.3 Å². The average molecular weight is 1250 g/mol. The Morgan fingerprint density at radius 3 is 1.04 bits per heavy atom. The van der Waals surface area contributed by atoms with Gasteiger partial charge in [-0.15, -0.1) is 22.7 Å². The first-order valence-electron chi connectivity index (χ1n) is 22.8. The van der Waals surface area contributed by atoms with Crippen LogP contribution in [0.4, 0.5) is 0 Å². The van der Waals surface area contributed by atoms with Gasteiger partial charge in [0, 0.05) is 118 Å². The molecule has 77 heavy (non-hydrogen) atoms. The Morgan fingerprint density at radius 1 is 0.312 bits per heavy atom. The van der Waals surface area contributed by atoms with Gasteiger partial charge in [0.2, 0.25) is 0 Å². The van der Waals surface area contributed by atoms with E-state index in [0.717, 1.165) is 19.5 Å². The number of nitrogens with zero attached hydrogens (tertiary/aromatic N) is 5. The normalized spacial score (nSPS) is 14.3. The van der Waals surface area contributed by atoms with E-state index in [0.29, 0.717) is 97.3 Å². The predicted octanol–water partition coefficient (Wildman–Crippen LogP) is 3.55. The molecular weight excluding hydrogens is 1230 g/mol. The molecule has 14 nitrogen and oxygen atoms in total. The summed E-state index contributed by atoms with van der Waals surface area (Å²) in [5, 5.41) is 43.3. The van der Waals surface area contributed by atoms with Crippen LogP contribution in [0.3, 0.4) is 0 Å². The maximum Gasteiger partial charge on any atom is 1.00 e. The number of carbonyl (C=O) groups is 8. The molecule has 0 saturated heterocycles. The summed E-state index contributed by atoms with van der Waals surface area (Å²) >= 11 is 2.86. The second-order valence-corrected chi connectivity index (χ2v) is 20.7. The number of nitrogens with one attached hydrogen (secondary N) is 1. The van der Waals surface area contributed by atoms with E-state index in [4.69, 9.17) is 0 Å². The van der Waals surface area contributed by atoms with Crippen LogP contribution in [0, 0.1) is 22.7 Å². The monoisotopic (exact) mass is 1240 g/mol. The van der Waals surface area contributed by atoms with Gasteiger partial charge in [-0.1, -0.05) is 42.5 Å². The van der Waals surface area contributed by atoms with Crippen molar-refractivity contribution >= 4 is 156 Å². The van der Waals surface area contributed by atoms with Gasteiger partial charge in [0.15, 0.2) is 0 Å². The van der Waals surface area contributed by atoms with Crippen LogP contribution in [-0.2, 0) is 0 Å². The zero-order chi connectivity index (χ0) is 50.1. The molecular formula is C58H17N6O8Rb3S2. The number of rotatable bonds is 3. The summed E-state index contributed by atoms with van der Waals surface area (Å²) in [4.78, 5) is 111. The first-order valence-corrected chi connectivity index (χ1v) is 24.4. The van der Waals surface area contributed by atoms with Gasteiger partial charge in [-0.2, -0.15) is 10.5 Å². The summed E-state index contributed by atoms with van der Waals surface area (Å²) < 4.78 is 0. The molecule has 0 aliphatic carbocycles. The van der Waals surface area contributed by atoms with Crippen LogP contribution < -0.4 is 180 Å². The summed E-state index contributed by atoms with van der Waals surface area (Å²) in [7, 11) is 0. The van der Waals surface area contributed by atoms with Gasteiger partial charge in [-0.25, -0.2) is 0 Å². The quantitative estimate of drug-likeness (QED) is 0.153. The van der Waals surface area contributed by atoms with Crippen molar-refractivity contribution < 1.29 is 213 Å². The average Bonchev–Trinajstić information content (AvgIpc) is 4.11. The fourth-order valence-electron chi connectivity index (χ4n) is 12.3. The van der Waals surface area contributed by atoms with Gasteiger partial charge < -0.3 is 44.7 Å². The number of fused-ring (bicyclic) bond motifs is 4. The molecule has 0 radical (unpaired) electrons. The van der Waals surface area contributed by atoms with E-state index in [1.165, 1.54) is 34.8 Å². The number of nitriles is 2. The first kappa shape index (κ1) is 51.6. The molecule has 8 amide bonds. The van der Waals surface area contributed by atoms with Crippen molar-refractivity contribution in [3.63, 3.8) is 0 Å². The summed E-state index contributed by atoms with van der Waals surface area (Å²) in [5.41, 5.74) is 3.20. The number of imide groups is 4. The van der Waals surface area contributed by atoms with Gasteiger partial charge in [0.1, 0.15) is 0 Å². The number of hydrogen-bond donors (Lipinski definition) is 1. The van der Waals surface area contributed by atoms with Crippen LogP contribution in [0.1, 0.15) is 94.0 Å². The van der Waals surface area contributed by atoms with Crippen molar-refractivity contribution in [1.82, 2.24) is 5.32 Å². The van der Waals surface area contributed by atoms with Crippen LogP contribution in [0.25, 0.3) is 133 Å². The summed E-state index contributed by atoms with van der Waals surface area (Å²) in [5.74, 6) is -5.47. The Kier molecular flexibility index (Phi) is 12.1. The van der Waals surface area contributed by atoms with Crippen LogP contribution in [0.5, 0.6) is 0 Å². The van der Waals surface area contributed by atoms with Gasteiger partial charge in [-0.05, 0) is 97.7 Å². The Hall–Kier alpha value is -4.84. The van der Waals surface area contributed by atoms with Crippen molar-refractivity contribution in [3.05, 3.63) is 169 Å². The predicted molar refractivity (Wildman–Crippen MR) is 278 cm³/mol. The smallest absolute Gasteiger partial charge is 0.587 e. The Balaban J connectivity index is 0.00000189. The van der Waals surface area contributed by atoms with Crippen molar-refractivity contribution in [2.45, 2.75) is 0 Å². The van der Waals surface area contributed by atoms with Gasteiger partial charge >= 0.3 is 175 Å². The Morgan fingerprint density at radius 2 is 0.623 bits per heavy atom. The molecule has 0 atom stereocenters. The van der Waals surface area contributed by atoms with E-state index in [1.54, 1.807) is 60.7 Å². The molecule has 12 aromatic rings. The maximum atomic E-state index is 13.8. The molecule has 2 aromatic heterocycles. The Bertz CT molecular complexity index is 4810. The summed E-state index contributed by atoms with van der Waals surface area (Å²) in [6, 6.07) is 32.0. The second kappa shape index (κ2) is 18.1. The molecule has 1 N–H and O–H groups in total. The molecule has 6 heterocycles. The number of carbonyl (C=O) groups excluding carboxylic acids is 8. The van der Waals surface area contributed by atoms with E-state index in [-0.39, 0.29) is 230 Å². The molecule has 16 rings (SSSR count). The van der Waals surface area contributed by atoms with Crippen LogP contribution in [0.2, 0.25) is 0 Å². The van der Waals surface area contributed by atoms with Crippen molar-refractivity contribution in [2.75, 3.05) is 0 Å². The molecule has 19 heteroatoms. The fourth-order valence-corrected chi connectivity index (χ4v) is 14.4. The first-order chi connectivity index (χ1) is 35.9. The fraction of sp³-hybridized carbons (Fsp3) is 0. The number of benzene rings is 10. The third-order valence-electron chi connectivity index (χ3n) is 15.1. The number of thiophene rings is 2. The molecule has 10 aromatic carbocycles. The molecule has 0 fully saturated rings. The van der Waals surface area contributed by atoms with E-state index in [2.05, 4.69) is 33.4 Å². The molecule has 0 spiro atoms. The van der Waals surface area contributed by atoms with Crippen molar-refractivity contribution in [3.8, 4) is 42.8 Å². The number of amides is 8. The second-order valence-electron chi connectivity index (χ2n) is 18.5. The SMILES string of the molecule is N#Cc1cc2c3c(ccc4c5c(-c6ccc(-c7ccc(-c8cc9c%10c(ccc%11c%12c(C#N)cc%13c%14c(ccc(c8c%10%11)c%14%12)C(=O)NC%13=O)C(=O)[N-]C9=O)s7)s6)cc6c7c(ccc(c1c34)c75)C(=O)[N-]C6=O)C(=O)[N-]C2=O.[Rb+].[Rb+].[Rb+]. The minimum atomic E-state index is -0.756. The zero-order valence-electron chi connectivity index (χ0n) is 40.1. The van der Waals surface area contributed by atoms with Crippen molar-refractivity contribution in [2.24, 2.45) is 0 Å². The summed E-state index contributed by atoms with van der Waals surface area (Å²) in [6.07, 6.45) is 0. The number of hydrogen-bond acceptors (Lipinski definition) is 12. The van der Waals surface area contributed by atoms with Crippen LogP contribution in [0.15, 0.2) is 97.1 Å². The molecule has 0 unspecified atom stereocenters. The summed E-state index contributed by atoms with van der Waals surface area (Å²) in [6.45, 7) is 0. The van der Waals surface area contributed by atoms with E-state index >= 15 is 0 Å². The van der Waals surface area contributed by atoms with Crippen LogP contribution >= 0.6 is 22.7 Å². The maximum absolute atomic E-state index is 13.8. The standard InChI is InChI=1S/C58H20N6O8S2.3Rb/c59-17-19-13-31-43-25(51(65)61-55(31)69)7-3-23-41-29(15-33-45-27(53(67)63-57(33)71)5-1-21(49(41)45)39(19)47(23)43)35-9-11-37(73-35)38-12-10-36(74-38)30-16-34-46-28(54(68)64-58(34)72)6-2-22-40-20(18-60)14-32-44-26(52(66)62-56(32)70)8-4-24(48(40)44)42(30)50(22)46;;;/h1-16H,(H4,61,62,63,64,65,66,67,68,69,70,71,72);;;/q;3*+1/p-3. The largest absolute Gasteiger partial charge is 1.00 e. The Labute approximate surface area is 585 Å². The third-order valence-corrected chi connectivity index (χ3v) is 17.6. The van der Waals surface area contributed by atoms with Crippen molar-refractivity contribution in [1.29, 1.82) is 10.5 Å². The molecule has 4 aliphatic heterocycles.